The number of aromatic nitrogens is 1. The van der Waals surface area contributed by atoms with Gasteiger partial charge in [-0.2, -0.15) is 0 Å². The maximum absolute atomic E-state index is 11.3. The highest BCUT2D eigenvalue weighted by Gasteiger charge is 2.21. The lowest BCUT2D eigenvalue weighted by molar-refractivity contribution is 0.0700. The third-order valence-electron chi connectivity index (χ3n) is 2.79. The summed E-state index contributed by atoms with van der Waals surface area (Å²) in [5.41, 5.74) is 1.34. The SMILES string of the molecule is COc1cc(Cl)ccc1-c1nc(C(C)C)c(C(=O)O)s1. The van der Waals surface area contributed by atoms with E-state index in [4.69, 9.17) is 16.3 Å². The van der Waals surface area contributed by atoms with Gasteiger partial charge in [0.2, 0.25) is 0 Å². The molecule has 0 bridgehead atoms. The van der Waals surface area contributed by atoms with Crippen molar-refractivity contribution < 1.29 is 14.6 Å². The van der Waals surface area contributed by atoms with Gasteiger partial charge in [-0.25, -0.2) is 9.78 Å². The first kappa shape index (κ1) is 14.8. The molecule has 1 N–H and O–H groups in total. The zero-order valence-electron chi connectivity index (χ0n) is 11.3. The summed E-state index contributed by atoms with van der Waals surface area (Å²) in [6.07, 6.45) is 0. The van der Waals surface area contributed by atoms with E-state index in [1.165, 1.54) is 0 Å². The second kappa shape index (κ2) is 5.81. The molecule has 0 saturated carbocycles. The number of carboxylic acids is 1. The number of benzene rings is 1. The van der Waals surface area contributed by atoms with Gasteiger partial charge in [0.25, 0.3) is 0 Å². The first-order chi connectivity index (χ1) is 9.43. The monoisotopic (exact) mass is 311 g/mol. The molecule has 0 aliphatic rings. The Morgan fingerprint density at radius 3 is 2.65 bits per heavy atom. The van der Waals surface area contributed by atoms with Crippen molar-refractivity contribution in [3.05, 3.63) is 33.8 Å². The number of halogens is 1. The Morgan fingerprint density at radius 2 is 2.15 bits per heavy atom. The van der Waals surface area contributed by atoms with Crippen LogP contribution >= 0.6 is 22.9 Å². The van der Waals surface area contributed by atoms with Gasteiger partial charge in [-0.3, -0.25) is 0 Å². The highest BCUT2D eigenvalue weighted by atomic mass is 35.5. The molecule has 0 saturated heterocycles. The fraction of sp³-hybridized carbons (Fsp3) is 0.286. The summed E-state index contributed by atoms with van der Waals surface area (Å²) < 4.78 is 5.29. The minimum atomic E-state index is -0.953. The molecule has 0 unspecified atom stereocenters. The molecule has 2 aromatic rings. The van der Waals surface area contributed by atoms with Crippen LogP contribution < -0.4 is 4.74 Å². The summed E-state index contributed by atoms with van der Waals surface area (Å²) in [5, 5.41) is 10.4. The quantitative estimate of drug-likeness (QED) is 0.914. The van der Waals surface area contributed by atoms with E-state index in [0.717, 1.165) is 16.9 Å². The van der Waals surface area contributed by atoms with Crippen LogP contribution in [0.1, 0.15) is 35.1 Å². The van der Waals surface area contributed by atoms with E-state index in [1.54, 1.807) is 25.3 Å². The highest BCUT2D eigenvalue weighted by Crippen LogP contribution is 2.37. The summed E-state index contributed by atoms with van der Waals surface area (Å²) in [6, 6.07) is 5.21. The minimum Gasteiger partial charge on any atom is -0.496 e. The lowest BCUT2D eigenvalue weighted by atomic mass is 10.1. The van der Waals surface area contributed by atoms with Crippen molar-refractivity contribution in [1.29, 1.82) is 0 Å². The number of aromatic carboxylic acids is 1. The second-order valence-corrected chi connectivity index (χ2v) is 5.97. The third-order valence-corrected chi connectivity index (χ3v) is 4.12. The van der Waals surface area contributed by atoms with E-state index < -0.39 is 5.97 Å². The fourth-order valence-corrected chi connectivity index (χ4v) is 3.08. The van der Waals surface area contributed by atoms with Crippen LogP contribution in [0.5, 0.6) is 5.75 Å². The Kier molecular flexibility index (Phi) is 4.30. The van der Waals surface area contributed by atoms with Gasteiger partial charge in [-0.1, -0.05) is 25.4 Å². The average Bonchev–Trinajstić information content (AvgIpc) is 2.83. The molecule has 1 aromatic heterocycles. The summed E-state index contributed by atoms with van der Waals surface area (Å²) in [6.45, 7) is 3.84. The number of methoxy groups -OCH3 is 1. The molecule has 0 aliphatic carbocycles. The summed E-state index contributed by atoms with van der Waals surface area (Å²) in [7, 11) is 1.55. The van der Waals surface area contributed by atoms with Crippen LogP contribution in [0.25, 0.3) is 10.6 Å². The van der Waals surface area contributed by atoms with Crippen molar-refractivity contribution in [2.75, 3.05) is 7.11 Å². The van der Waals surface area contributed by atoms with E-state index in [-0.39, 0.29) is 10.8 Å². The molecule has 0 radical (unpaired) electrons. The fourth-order valence-electron chi connectivity index (χ4n) is 1.83. The molecule has 0 spiro atoms. The van der Waals surface area contributed by atoms with Crippen LogP contribution in [-0.2, 0) is 0 Å². The Balaban J connectivity index is 2.59. The Bertz CT molecular complexity index is 652. The molecule has 106 valence electrons. The van der Waals surface area contributed by atoms with E-state index in [9.17, 15) is 9.90 Å². The van der Waals surface area contributed by atoms with E-state index in [2.05, 4.69) is 4.98 Å². The van der Waals surface area contributed by atoms with Gasteiger partial charge in [-0.15, -0.1) is 11.3 Å². The van der Waals surface area contributed by atoms with Crippen molar-refractivity contribution >= 4 is 28.9 Å². The number of thiazole rings is 1. The molecule has 20 heavy (non-hydrogen) atoms. The predicted molar refractivity (Wildman–Crippen MR) is 80.2 cm³/mol. The van der Waals surface area contributed by atoms with Crippen LogP contribution in [0.2, 0.25) is 5.02 Å². The van der Waals surface area contributed by atoms with Crippen molar-refractivity contribution in [2.45, 2.75) is 19.8 Å². The average molecular weight is 312 g/mol. The molecular formula is C14H14ClNO3S. The van der Waals surface area contributed by atoms with Crippen LogP contribution in [0.15, 0.2) is 18.2 Å². The topological polar surface area (TPSA) is 59.4 Å². The Hall–Kier alpha value is -1.59. The van der Waals surface area contributed by atoms with Gasteiger partial charge in [0.05, 0.1) is 18.4 Å². The largest absolute Gasteiger partial charge is 0.496 e. The minimum absolute atomic E-state index is 0.0457. The maximum atomic E-state index is 11.3. The van der Waals surface area contributed by atoms with Crippen molar-refractivity contribution in [1.82, 2.24) is 4.98 Å². The molecule has 2 rings (SSSR count). The standard InChI is InChI=1S/C14H14ClNO3S/c1-7(2)11-12(14(17)18)20-13(16-11)9-5-4-8(15)6-10(9)19-3/h4-7H,1-3H3,(H,17,18). The third kappa shape index (κ3) is 2.78. The molecule has 6 heteroatoms. The number of nitrogens with zero attached hydrogens (tertiary/aromatic N) is 1. The maximum Gasteiger partial charge on any atom is 0.347 e. The van der Waals surface area contributed by atoms with Crippen LogP contribution in [0, 0.1) is 0 Å². The van der Waals surface area contributed by atoms with Gasteiger partial charge in [0.15, 0.2) is 0 Å². The van der Waals surface area contributed by atoms with E-state index in [0.29, 0.717) is 21.5 Å². The number of ether oxygens (including phenoxy) is 1. The van der Waals surface area contributed by atoms with Gasteiger partial charge in [0.1, 0.15) is 15.6 Å². The van der Waals surface area contributed by atoms with E-state index in [1.807, 2.05) is 13.8 Å². The number of rotatable bonds is 4. The smallest absolute Gasteiger partial charge is 0.347 e. The molecule has 1 aromatic carbocycles. The van der Waals surface area contributed by atoms with Gasteiger partial charge >= 0.3 is 5.97 Å². The number of carboxylic acid groups (broad SMARTS) is 1. The van der Waals surface area contributed by atoms with E-state index >= 15 is 0 Å². The second-order valence-electron chi connectivity index (χ2n) is 4.54. The zero-order valence-corrected chi connectivity index (χ0v) is 12.9. The molecule has 0 atom stereocenters. The lowest BCUT2D eigenvalue weighted by Crippen LogP contribution is -2.00. The number of hydrogen-bond donors (Lipinski definition) is 1. The van der Waals surface area contributed by atoms with Crippen LogP contribution in [0.3, 0.4) is 0 Å². The van der Waals surface area contributed by atoms with Gasteiger partial charge in [0, 0.05) is 5.02 Å². The molecule has 4 nitrogen and oxygen atoms in total. The van der Waals surface area contributed by atoms with Crippen molar-refractivity contribution in [2.24, 2.45) is 0 Å². The normalized spacial score (nSPS) is 10.8. The number of hydrogen-bond acceptors (Lipinski definition) is 4. The Morgan fingerprint density at radius 1 is 1.45 bits per heavy atom. The highest BCUT2D eigenvalue weighted by molar-refractivity contribution is 7.17. The predicted octanol–water partition coefficient (Wildman–Crippen LogP) is 4.29. The number of carbonyl (C=O) groups is 1. The van der Waals surface area contributed by atoms with Crippen molar-refractivity contribution in [3.63, 3.8) is 0 Å². The van der Waals surface area contributed by atoms with Gasteiger partial charge < -0.3 is 9.84 Å². The molecule has 0 amide bonds. The molecule has 0 fully saturated rings. The summed E-state index contributed by atoms with van der Waals surface area (Å²) in [4.78, 5) is 16.0. The Labute approximate surface area is 126 Å². The first-order valence-corrected chi connectivity index (χ1v) is 7.21. The summed E-state index contributed by atoms with van der Waals surface area (Å²) in [5.74, 6) is -0.326. The molecular weight excluding hydrogens is 298 g/mol. The lowest BCUT2D eigenvalue weighted by Gasteiger charge is -2.06. The van der Waals surface area contributed by atoms with Crippen LogP contribution in [0.4, 0.5) is 0 Å². The zero-order chi connectivity index (χ0) is 14.9. The molecule has 1 heterocycles. The molecule has 0 aliphatic heterocycles. The first-order valence-electron chi connectivity index (χ1n) is 6.02. The van der Waals surface area contributed by atoms with Gasteiger partial charge in [-0.05, 0) is 24.1 Å². The summed E-state index contributed by atoms with van der Waals surface area (Å²) >= 11 is 7.08. The van der Waals surface area contributed by atoms with Crippen LogP contribution in [-0.4, -0.2) is 23.2 Å². The van der Waals surface area contributed by atoms with Crippen molar-refractivity contribution in [3.8, 4) is 16.3 Å².